The summed E-state index contributed by atoms with van der Waals surface area (Å²) in [4.78, 5) is 26.5. The minimum absolute atomic E-state index is 0.103. The van der Waals surface area contributed by atoms with E-state index in [1.165, 1.54) is 4.31 Å². The highest BCUT2D eigenvalue weighted by atomic mass is 35.5. The Hall–Kier alpha value is -2.22. The monoisotopic (exact) mass is 434 g/mol. The van der Waals surface area contributed by atoms with E-state index in [1.54, 1.807) is 53.4 Å². The Morgan fingerprint density at radius 3 is 2.07 bits per heavy atom. The quantitative estimate of drug-likeness (QED) is 0.654. The number of amides is 1. The molecule has 0 saturated carbocycles. The molecule has 2 aromatic rings. The standard InChI is InChI=1S/C21H23ClN2O4S/c1-16-2-8-19(9-3-16)29(27,28)24-14-12-23(13-15-24)21(26)11-10-20(25)17-4-6-18(22)7-5-17/h2-9H,10-15H2,1H3. The molecule has 0 N–H and O–H groups in total. The summed E-state index contributed by atoms with van der Waals surface area (Å²) >= 11 is 5.82. The van der Waals surface area contributed by atoms with Gasteiger partial charge in [0.25, 0.3) is 0 Å². The van der Waals surface area contributed by atoms with Gasteiger partial charge in [-0.15, -0.1) is 0 Å². The maximum absolute atomic E-state index is 12.7. The van der Waals surface area contributed by atoms with E-state index in [-0.39, 0.29) is 42.5 Å². The molecular weight excluding hydrogens is 412 g/mol. The highest BCUT2D eigenvalue weighted by Crippen LogP contribution is 2.19. The molecule has 6 nitrogen and oxygen atoms in total. The van der Waals surface area contributed by atoms with Crippen molar-refractivity contribution in [1.29, 1.82) is 0 Å². The molecule has 3 rings (SSSR count). The summed E-state index contributed by atoms with van der Waals surface area (Å²) < 4.78 is 26.9. The third-order valence-corrected chi connectivity index (χ3v) is 7.15. The molecule has 29 heavy (non-hydrogen) atoms. The predicted molar refractivity (Wildman–Crippen MR) is 112 cm³/mol. The van der Waals surface area contributed by atoms with E-state index < -0.39 is 10.0 Å². The number of carbonyl (C=O) groups excluding carboxylic acids is 2. The zero-order chi connectivity index (χ0) is 21.0. The van der Waals surface area contributed by atoms with Crippen LogP contribution in [0, 0.1) is 6.92 Å². The number of benzene rings is 2. The molecule has 0 radical (unpaired) electrons. The second-order valence-corrected chi connectivity index (χ2v) is 9.40. The number of Topliss-reactive ketones (excluding diaryl/α,β-unsaturated/α-hetero) is 1. The molecule has 2 aromatic carbocycles. The number of carbonyl (C=O) groups is 2. The lowest BCUT2D eigenvalue weighted by Gasteiger charge is -2.34. The number of hydrogen-bond acceptors (Lipinski definition) is 4. The maximum Gasteiger partial charge on any atom is 0.243 e. The number of hydrogen-bond donors (Lipinski definition) is 0. The Kier molecular flexibility index (Phi) is 6.72. The van der Waals surface area contributed by atoms with Crippen LogP contribution in [-0.2, 0) is 14.8 Å². The van der Waals surface area contributed by atoms with Crippen molar-refractivity contribution in [2.75, 3.05) is 26.2 Å². The molecule has 0 unspecified atom stereocenters. The maximum atomic E-state index is 12.7. The second kappa shape index (κ2) is 9.07. The van der Waals surface area contributed by atoms with Crippen LogP contribution in [0.3, 0.4) is 0 Å². The molecule has 1 aliphatic heterocycles. The smallest absolute Gasteiger partial charge is 0.243 e. The van der Waals surface area contributed by atoms with Crippen molar-refractivity contribution >= 4 is 33.3 Å². The van der Waals surface area contributed by atoms with Crippen LogP contribution in [0.15, 0.2) is 53.4 Å². The Labute approximate surface area is 176 Å². The van der Waals surface area contributed by atoms with Crippen molar-refractivity contribution in [2.45, 2.75) is 24.7 Å². The summed E-state index contributed by atoms with van der Waals surface area (Å²) in [6.45, 7) is 3.02. The number of nitrogens with zero attached hydrogens (tertiary/aromatic N) is 2. The van der Waals surface area contributed by atoms with Crippen molar-refractivity contribution in [1.82, 2.24) is 9.21 Å². The molecule has 0 aliphatic carbocycles. The van der Waals surface area contributed by atoms with Crippen LogP contribution in [0.5, 0.6) is 0 Å². The minimum atomic E-state index is -3.56. The molecule has 1 aliphatic rings. The lowest BCUT2D eigenvalue weighted by atomic mass is 10.1. The lowest BCUT2D eigenvalue weighted by Crippen LogP contribution is -2.50. The zero-order valence-electron chi connectivity index (χ0n) is 16.2. The lowest BCUT2D eigenvalue weighted by molar-refractivity contribution is -0.132. The predicted octanol–water partition coefficient (Wildman–Crippen LogP) is 3.14. The van der Waals surface area contributed by atoms with Gasteiger partial charge in [0.2, 0.25) is 15.9 Å². The first-order valence-corrected chi connectivity index (χ1v) is 11.2. The molecule has 1 heterocycles. The number of halogens is 1. The molecule has 8 heteroatoms. The fraction of sp³-hybridized carbons (Fsp3) is 0.333. The Morgan fingerprint density at radius 2 is 1.48 bits per heavy atom. The van der Waals surface area contributed by atoms with Crippen molar-refractivity contribution in [3.63, 3.8) is 0 Å². The molecule has 0 atom stereocenters. The number of rotatable bonds is 6. The van der Waals surface area contributed by atoms with E-state index in [2.05, 4.69) is 0 Å². The van der Waals surface area contributed by atoms with Gasteiger partial charge in [-0.1, -0.05) is 29.3 Å². The first kappa shape index (κ1) is 21.5. The van der Waals surface area contributed by atoms with Crippen molar-refractivity contribution in [3.05, 3.63) is 64.7 Å². The Morgan fingerprint density at radius 1 is 0.897 bits per heavy atom. The highest BCUT2D eigenvalue weighted by Gasteiger charge is 2.30. The van der Waals surface area contributed by atoms with Crippen molar-refractivity contribution in [3.8, 4) is 0 Å². The van der Waals surface area contributed by atoms with Crippen molar-refractivity contribution < 1.29 is 18.0 Å². The molecular formula is C21H23ClN2O4S. The minimum Gasteiger partial charge on any atom is -0.340 e. The van der Waals surface area contributed by atoms with Gasteiger partial charge in [0, 0.05) is 49.6 Å². The third-order valence-electron chi connectivity index (χ3n) is 4.98. The van der Waals surface area contributed by atoms with Gasteiger partial charge in [-0.2, -0.15) is 4.31 Å². The molecule has 0 bridgehead atoms. The Balaban J connectivity index is 1.52. The second-order valence-electron chi connectivity index (χ2n) is 7.03. The van der Waals surface area contributed by atoms with E-state index in [1.807, 2.05) is 6.92 Å². The van der Waals surface area contributed by atoms with Gasteiger partial charge in [-0.05, 0) is 43.3 Å². The van der Waals surface area contributed by atoms with Gasteiger partial charge < -0.3 is 4.90 Å². The summed E-state index contributed by atoms with van der Waals surface area (Å²) in [5.74, 6) is -0.254. The SMILES string of the molecule is Cc1ccc(S(=O)(=O)N2CCN(C(=O)CCC(=O)c3ccc(Cl)cc3)CC2)cc1. The molecule has 1 saturated heterocycles. The summed E-state index contributed by atoms with van der Waals surface area (Å²) in [6, 6.07) is 13.3. The average molecular weight is 435 g/mol. The Bertz CT molecular complexity index is 980. The largest absolute Gasteiger partial charge is 0.340 e. The van der Waals surface area contributed by atoms with Gasteiger partial charge >= 0.3 is 0 Å². The topological polar surface area (TPSA) is 74.8 Å². The van der Waals surface area contributed by atoms with Crippen molar-refractivity contribution in [2.24, 2.45) is 0 Å². The van der Waals surface area contributed by atoms with Crippen LogP contribution < -0.4 is 0 Å². The molecule has 154 valence electrons. The molecule has 0 spiro atoms. The van der Waals surface area contributed by atoms with Gasteiger partial charge in [0.05, 0.1) is 4.90 Å². The summed E-state index contributed by atoms with van der Waals surface area (Å²) in [5.41, 5.74) is 1.52. The third kappa shape index (κ3) is 5.23. The fourth-order valence-electron chi connectivity index (χ4n) is 3.20. The normalized spacial score (nSPS) is 15.3. The summed E-state index contributed by atoms with van der Waals surface area (Å²) in [5, 5.41) is 0.552. The van der Waals surface area contributed by atoms with Gasteiger partial charge in [-0.3, -0.25) is 9.59 Å². The number of sulfonamides is 1. The highest BCUT2D eigenvalue weighted by molar-refractivity contribution is 7.89. The molecule has 1 amide bonds. The molecule has 0 aromatic heterocycles. The van der Waals surface area contributed by atoms with E-state index in [9.17, 15) is 18.0 Å². The fourth-order valence-corrected chi connectivity index (χ4v) is 4.74. The van der Waals surface area contributed by atoms with E-state index in [0.29, 0.717) is 23.7 Å². The van der Waals surface area contributed by atoms with Crippen LogP contribution in [0.2, 0.25) is 5.02 Å². The van der Waals surface area contributed by atoms with Gasteiger partial charge in [-0.25, -0.2) is 8.42 Å². The van der Waals surface area contributed by atoms with Crippen LogP contribution in [-0.4, -0.2) is 55.5 Å². The summed E-state index contributed by atoms with van der Waals surface area (Å²) in [7, 11) is -3.56. The van der Waals surface area contributed by atoms with E-state index >= 15 is 0 Å². The average Bonchev–Trinajstić information content (AvgIpc) is 2.72. The number of piperazine rings is 1. The molecule has 1 fully saturated rings. The van der Waals surface area contributed by atoms with E-state index in [0.717, 1.165) is 5.56 Å². The summed E-state index contributed by atoms with van der Waals surface area (Å²) in [6.07, 6.45) is 0.217. The number of ketones is 1. The van der Waals surface area contributed by atoms with Crippen LogP contribution in [0.4, 0.5) is 0 Å². The van der Waals surface area contributed by atoms with Gasteiger partial charge in [0.15, 0.2) is 5.78 Å². The van der Waals surface area contributed by atoms with E-state index in [4.69, 9.17) is 11.6 Å². The van der Waals surface area contributed by atoms with Crippen LogP contribution in [0.25, 0.3) is 0 Å². The van der Waals surface area contributed by atoms with Crippen LogP contribution in [0.1, 0.15) is 28.8 Å². The number of aryl methyl sites for hydroxylation is 1. The first-order valence-electron chi connectivity index (χ1n) is 9.41. The van der Waals surface area contributed by atoms with Gasteiger partial charge in [0.1, 0.15) is 0 Å². The first-order chi connectivity index (χ1) is 13.8. The zero-order valence-corrected chi connectivity index (χ0v) is 17.7. The van der Waals surface area contributed by atoms with Crippen LogP contribution >= 0.6 is 11.6 Å².